The number of benzene rings is 3. The standard InChI is InChI=1S/C13H12F4N2O.C12H11F4N3O.C9H10BrFO.C4H3F3N2/c1-3-8-9(4-5-10(20-2)12(8)14)19-7-6-11(18-19)13(15,16)17;1-20-9-3-2-8(7(6-17)11(9)13)19-5-4-10(18-19)12(14,15)16;1-3-6-7(10)4-5-8(12-2)9(6)11;5-4(6,7)3-1-2-8-9-3/h4-7H,3H2,1-2H3;2-5H,6,17H2,1H3;4-5H,3H2,1-2H3;1-2H,(H,8,9). The molecule has 0 amide bonds. The van der Waals surface area contributed by atoms with Crippen molar-refractivity contribution in [2.24, 2.45) is 5.73 Å². The molecule has 6 rings (SSSR count). The molecular weight excluding hydrogens is 910 g/mol. The van der Waals surface area contributed by atoms with Crippen LogP contribution in [0.1, 0.15) is 47.6 Å². The number of hydrogen-bond acceptors (Lipinski definition) is 7. The first kappa shape index (κ1) is 49.7. The molecule has 3 heterocycles. The van der Waals surface area contributed by atoms with Crippen molar-refractivity contribution in [2.45, 2.75) is 51.8 Å². The maximum atomic E-state index is 14.1. The minimum atomic E-state index is -4.56. The lowest BCUT2D eigenvalue weighted by atomic mass is 10.1. The molecular formula is C38H36BrF12N7O3. The lowest BCUT2D eigenvalue weighted by molar-refractivity contribution is -0.142. The molecule has 3 aromatic heterocycles. The largest absolute Gasteiger partial charge is 0.494 e. The molecule has 10 nitrogen and oxygen atoms in total. The molecule has 0 bridgehead atoms. The van der Waals surface area contributed by atoms with Gasteiger partial charge in [-0.1, -0.05) is 29.8 Å². The maximum absolute atomic E-state index is 14.1. The quantitative estimate of drug-likeness (QED) is 0.146. The molecule has 0 saturated heterocycles. The molecule has 3 aromatic carbocycles. The highest BCUT2D eigenvalue weighted by molar-refractivity contribution is 9.10. The van der Waals surface area contributed by atoms with Crippen LogP contribution in [0.15, 0.2) is 77.7 Å². The molecule has 3 N–H and O–H groups in total. The van der Waals surface area contributed by atoms with E-state index in [-0.39, 0.29) is 46.4 Å². The van der Waals surface area contributed by atoms with Crippen LogP contribution >= 0.6 is 15.9 Å². The minimum Gasteiger partial charge on any atom is -0.494 e. The number of hydrogen-bond donors (Lipinski definition) is 2. The van der Waals surface area contributed by atoms with E-state index in [4.69, 9.17) is 19.9 Å². The monoisotopic (exact) mass is 945 g/mol. The van der Waals surface area contributed by atoms with Crippen molar-refractivity contribution in [3.8, 4) is 28.6 Å². The Morgan fingerprint density at radius 2 is 1.00 bits per heavy atom. The number of H-pyrrole nitrogens is 1. The Morgan fingerprint density at radius 3 is 1.33 bits per heavy atom. The predicted molar refractivity (Wildman–Crippen MR) is 201 cm³/mol. The summed E-state index contributed by atoms with van der Waals surface area (Å²) in [6, 6.07) is 11.5. The molecule has 23 heteroatoms. The summed E-state index contributed by atoms with van der Waals surface area (Å²) in [6.45, 7) is 3.41. The van der Waals surface area contributed by atoms with Crippen LogP contribution in [-0.4, -0.2) is 51.1 Å². The van der Waals surface area contributed by atoms with Gasteiger partial charge in [0.25, 0.3) is 0 Å². The Bertz CT molecular complexity index is 2220. The molecule has 0 unspecified atom stereocenters. The van der Waals surface area contributed by atoms with Crippen LogP contribution in [0.5, 0.6) is 17.2 Å². The zero-order chi connectivity index (χ0) is 45.9. The van der Waals surface area contributed by atoms with Gasteiger partial charge in [-0.05, 0) is 67.4 Å². The fourth-order valence-corrected chi connectivity index (χ4v) is 5.73. The van der Waals surface area contributed by atoms with E-state index in [1.165, 1.54) is 45.6 Å². The Balaban J connectivity index is 0.000000227. The number of nitrogens with zero attached hydrogens (tertiary/aromatic N) is 5. The average Bonchev–Trinajstić information content (AvgIpc) is 4.02. The third-order valence-corrected chi connectivity index (χ3v) is 8.89. The normalized spacial score (nSPS) is 11.4. The fraction of sp³-hybridized carbons (Fsp3) is 0.289. The highest BCUT2D eigenvalue weighted by Crippen LogP contribution is 2.33. The first-order chi connectivity index (χ1) is 28.6. The number of nitrogens with two attached hydrogens (primary N) is 1. The van der Waals surface area contributed by atoms with E-state index in [0.29, 0.717) is 24.2 Å². The number of nitrogens with one attached hydrogen (secondary N) is 1. The van der Waals surface area contributed by atoms with E-state index in [1.807, 2.05) is 6.92 Å². The van der Waals surface area contributed by atoms with Gasteiger partial charge < -0.3 is 19.9 Å². The highest BCUT2D eigenvalue weighted by Gasteiger charge is 2.35. The number of aromatic nitrogens is 6. The fourth-order valence-electron chi connectivity index (χ4n) is 5.14. The summed E-state index contributed by atoms with van der Waals surface area (Å²) >= 11 is 3.28. The second-order valence-corrected chi connectivity index (χ2v) is 12.7. The van der Waals surface area contributed by atoms with Crippen molar-refractivity contribution >= 4 is 15.9 Å². The summed E-state index contributed by atoms with van der Waals surface area (Å²) in [5.41, 5.74) is 3.90. The van der Waals surface area contributed by atoms with Crippen LogP contribution in [0, 0.1) is 17.5 Å². The van der Waals surface area contributed by atoms with Crippen LogP contribution in [0.3, 0.4) is 0 Å². The summed E-state index contributed by atoms with van der Waals surface area (Å²) in [5, 5.41) is 11.8. The second-order valence-electron chi connectivity index (χ2n) is 11.9. The van der Waals surface area contributed by atoms with E-state index in [1.54, 1.807) is 24.2 Å². The lowest BCUT2D eigenvalue weighted by Gasteiger charge is -2.12. The summed E-state index contributed by atoms with van der Waals surface area (Å²) in [4.78, 5) is 0. The molecule has 0 aliphatic heterocycles. The third kappa shape index (κ3) is 12.7. The maximum Gasteiger partial charge on any atom is 0.435 e. The number of methoxy groups -OCH3 is 3. The smallest absolute Gasteiger partial charge is 0.435 e. The van der Waals surface area contributed by atoms with Gasteiger partial charge in [0, 0.05) is 46.3 Å². The average molecular weight is 947 g/mol. The Kier molecular flexibility index (Phi) is 17.3. The van der Waals surface area contributed by atoms with Gasteiger partial charge in [0.2, 0.25) is 0 Å². The number of ether oxygens (including phenoxy) is 3. The van der Waals surface area contributed by atoms with Gasteiger partial charge in [-0.25, -0.2) is 22.5 Å². The van der Waals surface area contributed by atoms with Crippen molar-refractivity contribution in [2.75, 3.05) is 21.3 Å². The minimum absolute atomic E-state index is 0.0289. The van der Waals surface area contributed by atoms with E-state index < -0.39 is 47.2 Å². The molecule has 0 spiro atoms. The SMILES string of the molecule is CCc1c(-n2ccc(C(F)(F)F)n2)ccc(OC)c1F.CCc1c(Br)ccc(OC)c1F.COc1ccc(-n2ccc(C(F)(F)F)n2)c(CN)c1F.FC(F)(F)c1ccn[nH]1. The van der Waals surface area contributed by atoms with Gasteiger partial charge in [0.1, 0.15) is 5.69 Å². The van der Waals surface area contributed by atoms with Crippen LogP contribution in [0.2, 0.25) is 0 Å². The van der Waals surface area contributed by atoms with Crippen molar-refractivity contribution < 1.29 is 66.9 Å². The lowest BCUT2D eigenvalue weighted by Crippen LogP contribution is -2.11. The molecule has 0 aliphatic rings. The number of rotatable bonds is 8. The van der Waals surface area contributed by atoms with Gasteiger partial charge in [-0.2, -0.15) is 54.8 Å². The van der Waals surface area contributed by atoms with Gasteiger partial charge in [-0.3, -0.25) is 5.10 Å². The number of aromatic amines is 1. The van der Waals surface area contributed by atoms with Crippen LogP contribution < -0.4 is 19.9 Å². The molecule has 332 valence electrons. The first-order valence-corrected chi connectivity index (χ1v) is 18.1. The summed E-state index contributed by atoms with van der Waals surface area (Å²) in [5.74, 6) is -1.25. The molecule has 0 fully saturated rings. The zero-order valence-corrected chi connectivity index (χ0v) is 34.1. The van der Waals surface area contributed by atoms with Crippen molar-refractivity contribution in [3.63, 3.8) is 0 Å². The Morgan fingerprint density at radius 1 is 0.590 bits per heavy atom. The highest BCUT2D eigenvalue weighted by atomic mass is 79.9. The van der Waals surface area contributed by atoms with E-state index in [9.17, 15) is 52.7 Å². The molecule has 61 heavy (non-hydrogen) atoms. The van der Waals surface area contributed by atoms with Crippen LogP contribution in [0.4, 0.5) is 52.7 Å². The van der Waals surface area contributed by atoms with Crippen molar-refractivity contribution in [1.82, 2.24) is 29.8 Å². The van der Waals surface area contributed by atoms with Gasteiger partial charge >= 0.3 is 18.5 Å². The second kappa shape index (κ2) is 21.2. The molecule has 0 saturated carbocycles. The van der Waals surface area contributed by atoms with Crippen LogP contribution in [-0.2, 0) is 37.9 Å². The summed E-state index contributed by atoms with van der Waals surface area (Å²) in [6.07, 6.45) is -9.10. The van der Waals surface area contributed by atoms with E-state index >= 15 is 0 Å². The molecule has 0 aliphatic carbocycles. The Hall–Kier alpha value is -5.71. The van der Waals surface area contributed by atoms with E-state index in [0.717, 1.165) is 50.6 Å². The molecule has 0 radical (unpaired) electrons. The first-order valence-electron chi connectivity index (χ1n) is 17.3. The van der Waals surface area contributed by atoms with E-state index in [2.05, 4.69) is 31.2 Å². The Labute approximate surface area is 348 Å². The van der Waals surface area contributed by atoms with Gasteiger partial charge in [0.15, 0.2) is 46.1 Å². The summed E-state index contributed by atoms with van der Waals surface area (Å²) < 4.78 is 168. The molecule has 0 atom stereocenters. The predicted octanol–water partition coefficient (Wildman–Crippen LogP) is 10.7. The topological polar surface area (TPSA) is 118 Å². The van der Waals surface area contributed by atoms with Crippen molar-refractivity contribution in [1.29, 1.82) is 0 Å². The van der Waals surface area contributed by atoms with Crippen LogP contribution in [0.25, 0.3) is 11.4 Å². The summed E-state index contributed by atoms with van der Waals surface area (Å²) in [7, 11) is 4.08. The number of halogens is 13. The van der Waals surface area contributed by atoms with Gasteiger partial charge in [0.05, 0.1) is 32.7 Å². The third-order valence-electron chi connectivity index (χ3n) is 8.15. The molecule has 6 aromatic rings. The zero-order valence-electron chi connectivity index (χ0n) is 32.5. The number of alkyl halides is 9. The van der Waals surface area contributed by atoms with Crippen molar-refractivity contribution in [3.05, 3.63) is 129 Å². The van der Waals surface area contributed by atoms with Gasteiger partial charge in [-0.15, -0.1) is 0 Å².